The Bertz CT molecular complexity index is 1420. The van der Waals surface area contributed by atoms with Gasteiger partial charge in [0.1, 0.15) is 0 Å². The molecule has 2 aromatic carbocycles. The van der Waals surface area contributed by atoms with Gasteiger partial charge < -0.3 is 0 Å². The quantitative estimate of drug-likeness (QED) is 0.300. The van der Waals surface area contributed by atoms with Crippen molar-refractivity contribution >= 4 is 54.0 Å². The molecule has 176 valence electrons. The van der Waals surface area contributed by atoms with Crippen molar-refractivity contribution in [3.8, 4) is 0 Å². The van der Waals surface area contributed by atoms with Crippen molar-refractivity contribution in [2.45, 2.75) is 38.1 Å². The number of hydrogen-bond acceptors (Lipinski definition) is 6. The van der Waals surface area contributed by atoms with E-state index in [1.165, 1.54) is 23.5 Å². The summed E-state index contributed by atoms with van der Waals surface area (Å²) in [4.78, 5) is 24.0. The average molecular weight is 514 g/mol. The highest BCUT2D eigenvalue weighted by Crippen LogP contribution is 2.33. The first-order chi connectivity index (χ1) is 16.2. The Morgan fingerprint density at radius 2 is 1.88 bits per heavy atom. The summed E-state index contributed by atoms with van der Waals surface area (Å²) in [6.45, 7) is 4.35. The van der Waals surface area contributed by atoms with Crippen LogP contribution >= 0.6 is 22.9 Å². The molecular weight excluding hydrogens is 490 g/mol. The zero-order valence-corrected chi connectivity index (χ0v) is 21.3. The minimum absolute atomic E-state index is 0.0843. The lowest BCUT2D eigenvalue weighted by atomic mass is 10.1. The highest BCUT2D eigenvalue weighted by molar-refractivity contribution is 7.91. The number of pyridine rings is 1. The van der Waals surface area contributed by atoms with Crippen molar-refractivity contribution in [3.05, 3.63) is 82.6 Å². The molecule has 4 aromatic rings. The zero-order chi connectivity index (χ0) is 24.3. The third-order valence-electron chi connectivity index (χ3n) is 5.39. The van der Waals surface area contributed by atoms with Crippen LogP contribution in [-0.4, -0.2) is 30.0 Å². The summed E-state index contributed by atoms with van der Waals surface area (Å²) >= 11 is 7.32. The number of aryl methyl sites for hydroxylation is 2. The van der Waals surface area contributed by atoms with Gasteiger partial charge in [0.05, 0.1) is 27.4 Å². The molecule has 0 aliphatic rings. The molecule has 0 aliphatic heterocycles. The fraction of sp³-hybridized carbons (Fsp3) is 0.240. The second kappa shape index (κ2) is 10.2. The fourth-order valence-corrected chi connectivity index (χ4v) is 6.31. The number of benzene rings is 2. The van der Waals surface area contributed by atoms with Crippen LogP contribution in [0.25, 0.3) is 10.2 Å². The van der Waals surface area contributed by atoms with E-state index in [0.29, 0.717) is 16.7 Å². The third-order valence-corrected chi connectivity index (χ3v) is 8.48. The molecule has 1 amide bonds. The van der Waals surface area contributed by atoms with Crippen LogP contribution in [0.3, 0.4) is 0 Å². The van der Waals surface area contributed by atoms with Crippen molar-refractivity contribution < 1.29 is 13.2 Å². The molecule has 9 heteroatoms. The number of sulfone groups is 1. The third kappa shape index (κ3) is 5.63. The molecule has 0 N–H and O–H groups in total. The first-order valence-electron chi connectivity index (χ1n) is 10.8. The van der Waals surface area contributed by atoms with E-state index < -0.39 is 9.84 Å². The largest absolute Gasteiger partial charge is 0.284 e. The minimum Gasteiger partial charge on any atom is -0.284 e. The van der Waals surface area contributed by atoms with Crippen LogP contribution in [0.4, 0.5) is 5.13 Å². The summed E-state index contributed by atoms with van der Waals surface area (Å²) in [6, 6.07) is 13.9. The predicted octanol–water partition coefficient (Wildman–Crippen LogP) is 5.75. The van der Waals surface area contributed by atoms with Crippen molar-refractivity contribution in [2.75, 3.05) is 10.7 Å². The monoisotopic (exact) mass is 513 g/mol. The Morgan fingerprint density at radius 1 is 1.12 bits per heavy atom. The number of carbonyl (C=O) groups is 1. The molecule has 4 rings (SSSR count). The normalized spacial score (nSPS) is 11.6. The van der Waals surface area contributed by atoms with Crippen molar-refractivity contribution in [2.24, 2.45) is 0 Å². The Hall–Kier alpha value is -2.81. The van der Waals surface area contributed by atoms with Crippen LogP contribution in [-0.2, 0) is 21.2 Å². The molecule has 0 aliphatic carbocycles. The predicted molar refractivity (Wildman–Crippen MR) is 137 cm³/mol. The number of carbonyl (C=O) groups excluding carboxylic acids is 1. The fourth-order valence-electron chi connectivity index (χ4n) is 3.72. The Labute approximate surface area is 208 Å². The van der Waals surface area contributed by atoms with Gasteiger partial charge >= 0.3 is 0 Å². The lowest BCUT2D eigenvalue weighted by Gasteiger charge is -2.20. The molecule has 0 bridgehead atoms. The van der Waals surface area contributed by atoms with Crippen molar-refractivity contribution in [1.29, 1.82) is 0 Å². The molecule has 0 saturated carbocycles. The molecular formula is C25H24ClN3O3S2. The first kappa shape index (κ1) is 24.3. The van der Waals surface area contributed by atoms with Crippen molar-refractivity contribution in [1.82, 2.24) is 9.97 Å². The SMILES string of the molecule is Cc1cc(C)c2nc(N(Cc3cccnc3)C(=O)CCCS(=O)(=O)c3ccc(Cl)cc3)sc2c1. The molecule has 0 saturated heterocycles. The molecule has 2 aromatic heterocycles. The number of fused-ring (bicyclic) bond motifs is 1. The molecule has 0 atom stereocenters. The highest BCUT2D eigenvalue weighted by atomic mass is 35.5. The van der Waals surface area contributed by atoms with E-state index in [0.717, 1.165) is 26.9 Å². The first-order valence-corrected chi connectivity index (χ1v) is 13.6. The topological polar surface area (TPSA) is 80.2 Å². The molecule has 0 radical (unpaired) electrons. The van der Waals surface area contributed by atoms with Gasteiger partial charge in [0.2, 0.25) is 5.91 Å². The number of aromatic nitrogens is 2. The maximum Gasteiger partial charge on any atom is 0.229 e. The second-order valence-corrected chi connectivity index (χ2v) is 11.7. The summed E-state index contributed by atoms with van der Waals surface area (Å²) in [6.07, 6.45) is 3.69. The molecule has 34 heavy (non-hydrogen) atoms. The Balaban J connectivity index is 1.55. The second-order valence-electron chi connectivity index (χ2n) is 8.14. The standard InChI is InChI=1S/C25H24ClN3O3S2/c1-17-13-18(2)24-22(14-17)33-25(28-24)29(16-19-5-3-11-27-15-19)23(30)6-4-12-34(31,32)21-9-7-20(26)8-10-21/h3,5,7-11,13-15H,4,6,12,16H2,1-2H3. The van der Waals surface area contributed by atoms with Gasteiger partial charge in [0.15, 0.2) is 15.0 Å². The summed E-state index contributed by atoms with van der Waals surface area (Å²) in [5.74, 6) is -0.303. The highest BCUT2D eigenvalue weighted by Gasteiger charge is 2.22. The number of anilines is 1. The summed E-state index contributed by atoms with van der Waals surface area (Å²) < 4.78 is 26.3. The number of rotatable bonds is 8. The van der Waals surface area contributed by atoms with Gasteiger partial charge in [-0.3, -0.25) is 14.7 Å². The van der Waals surface area contributed by atoms with Crippen LogP contribution in [0.5, 0.6) is 0 Å². The van der Waals surface area contributed by atoms with Gasteiger partial charge in [0.25, 0.3) is 0 Å². The Morgan fingerprint density at radius 3 is 2.59 bits per heavy atom. The van der Waals surface area contributed by atoms with Gasteiger partial charge in [-0.15, -0.1) is 0 Å². The maximum atomic E-state index is 13.3. The van der Waals surface area contributed by atoms with Gasteiger partial charge in [-0.2, -0.15) is 0 Å². The number of amides is 1. The van der Waals surface area contributed by atoms with Crippen LogP contribution < -0.4 is 4.90 Å². The number of hydrogen-bond donors (Lipinski definition) is 0. The number of halogens is 1. The van der Waals surface area contributed by atoms with Crippen LogP contribution in [0.1, 0.15) is 29.5 Å². The lowest BCUT2D eigenvalue weighted by Crippen LogP contribution is -2.30. The van der Waals surface area contributed by atoms with E-state index in [1.807, 2.05) is 26.0 Å². The minimum atomic E-state index is -3.51. The van der Waals surface area contributed by atoms with Gasteiger partial charge in [-0.25, -0.2) is 13.4 Å². The number of nitrogens with zero attached hydrogens (tertiary/aromatic N) is 3. The van der Waals surface area contributed by atoms with E-state index in [9.17, 15) is 13.2 Å². The van der Waals surface area contributed by atoms with E-state index in [2.05, 4.69) is 17.1 Å². The van der Waals surface area contributed by atoms with Crippen LogP contribution in [0.2, 0.25) is 5.02 Å². The Kier molecular flexibility index (Phi) is 7.30. The molecule has 2 heterocycles. The van der Waals surface area contributed by atoms with Gasteiger partial charge in [-0.1, -0.05) is 35.1 Å². The summed E-state index contributed by atoms with van der Waals surface area (Å²) in [7, 11) is -3.51. The van der Waals surface area contributed by atoms with Crippen LogP contribution in [0, 0.1) is 13.8 Å². The molecule has 0 spiro atoms. The van der Waals surface area contributed by atoms with Crippen LogP contribution in [0.15, 0.2) is 65.8 Å². The number of thiazole rings is 1. The van der Waals surface area contributed by atoms with E-state index in [-0.39, 0.29) is 29.4 Å². The van der Waals surface area contributed by atoms with Gasteiger partial charge in [0, 0.05) is 23.8 Å². The summed E-state index contributed by atoms with van der Waals surface area (Å²) in [5.41, 5.74) is 3.94. The smallest absolute Gasteiger partial charge is 0.229 e. The maximum absolute atomic E-state index is 13.3. The molecule has 0 unspecified atom stereocenters. The van der Waals surface area contributed by atoms with Gasteiger partial charge in [-0.05, 0) is 73.4 Å². The summed E-state index contributed by atoms with van der Waals surface area (Å²) in [5, 5.41) is 1.07. The lowest BCUT2D eigenvalue weighted by molar-refractivity contribution is -0.118. The van der Waals surface area contributed by atoms with Crippen molar-refractivity contribution in [3.63, 3.8) is 0 Å². The van der Waals surface area contributed by atoms with E-state index in [4.69, 9.17) is 16.6 Å². The molecule has 0 fully saturated rings. The van der Waals surface area contributed by atoms with E-state index >= 15 is 0 Å². The molecule has 6 nitrogen and oxygen atoms in total. The zero-order valence-electron chi connectivity index (χ0n) is 18.9. The van der Waals surface area contributed by atoms with E-state index in [1.54, 1.807) is 29.4 Å². The average Bonchev–Trinajstić information content (AvgIpc) is 3.22.